The molecule has 1 heterocycles. The van der Waals surface area contributed by atoms with Gasteiger partial charge in [0.25, 0.3) is 0 Å². The predicted octanol–water partition coefficient (Wildman–Crippen LogP) is 3.92. The van der Waals surface area contributed by atoms with Crippen LogP contribution < -0.4 is 0 Å². The summed E-state index contributed by atoms with van der Waals surface area (Å²) in [5.41, 5.74) is 5.50. The minimum absolute atomic E-state index is 0.241. The van der Waals surface area contributed by atoms with Crippen molar-refractivity contribution in [3.05, 3.63) is 53.2 Å². The van der Waals surface area contributed by atoms with E-state index in [0.717, 1.165) is 29.7 Å². The van der Waals surface area contributed by atoms with Crippen molar-refractivity contribution in [2.24, 2.45) is 0 Å². The van der Waals surface area contributed by atoms with Gasteiger partial charge in [0.15, 0.2) is 0 Å². The Morgan fingerprint density at radius 2 is 1.89 bits per heavy atom. The van der Waals surface area contributed by atoms with Gasteiger partial charge in [-0.1, -0.05) is 18.2 Å². The van der Waals surface area contributed by atoms with E-state index in [1.165, 1.54) is 11.1 Å². The average Bonchev–Trinajstić information content (AvgIpc) is 3.23. The number of hydrogen-bond acceptors (Lipinski definition) is 2. The van der Waals surface area contributed by atoms with Crippen LogP contribution in [0.5, 0.6) is 0 Å². The van der Waals surface area contributed by atoms with Gasteiger partial charge in [-0.25, -0.2) is 0 Å². The van der Waals surface area contributed by atoms with Gasteiger partial charge in [-0.3, -0.25) is 4.98 Å². The first kappa shape index (κ1) is 11.9. The summed E-state index contributed by atoms with van der Waals surface area (Å²) in [6, 6.07) is 12.9. The molecule has 1 aliphatic rings. The highest BCUT2D eigenvalue weighted by atomic mass is 14.7. The van der Waals surface area contributed by atoms with Gasteiger partial charge >= 0.3 is 0 Å². The number of nitrogens with zero attached hydrogens (tertiary/aromatic N) is 2. The molecule has 0 spiro atoms. The molecule has 0 atom stereocenters. The molecule has 19 heavy (non-hydrogen) atoms. The minimum atomic E-state index is -0.241. The first-order valence-corrected chi connectivity index (χ1v) is 6.60. The molecule has 0 N–H and O–H groups in total. The van der Waals surface area contributed by atoms with Crippen LogP contribution >= 0.6 is 0 Å². The van der Waals surface area contributed by atoms with E-state index in [-0.39, 0.29) is 5.41 Å². The third-order valence-electron chi connectivity index (χ3n) is 4.08. The molecule has 0 unspecified atom stereocenters. The molecule has 1 fully saturated rings. The van der Waals surface area contributed by atoms with Crippen LogP contribution in [0.1, 0.15) is 29.5 Å². The molecule has 0 saturated heterocycles. The molecule has 0 aliphatic heterocycles. The lowest BCUT2D eigenvalue weighted by molar-refractivity contribution is 0.898. The summed E-state index contributed by atoms with van der Waals surface area (Å²) in [7, 11) is 0. The summed E-state index contributed by atoms with van der Waals surface area (Å²) in [4.78, 5) is 4.52. The molecule has 1 aliphatic carbocycles. The third-order valence-corrected chi connectivity index (χ3v) is 4.08. The summed E-state index contributed by atoms with van der Waals surface area (Å²) in [6.45, 7) is 4.22. The maximum absolute atomic E-state index is 9.19. The smallest absolute Gasteiger partial charge is 0.0838 e. The summed E-state index contributed by atoms with van der Waals surface area (Å²) in [5.74, 6) is 0. The van der Waals surface area contributed by atoms with E-state index in [9.17, 15) is 5.26 Å². The molecule has 0 bridgehead atoms. The number of hydrogen-bond donors (Lipinski definition) is 0. The normalized spacial score (nSPS) is 15.8. The van der Waals surface area contributed by atoms with Crippen molar-refractivity contribution >= 4 is 0 Å². The van der Waals surface area contributed by atoms with Crippen LogP contribution in [0.3, 0.4) is 0 Å². The highest BCUT2D eigenvalue weighted by Crippen LogP contribution is 2.47. The molecular formula is C17H16N2. The summed E-state index contributed by atoms with van der Waals surface area (Å²) >= 11 is 0. The largest absolute Gasteiger partial charge is 0.256 e. The van der Waals surface area contributed by atoms with E-state index in [2.05, 4.69) is 43.1 Å². The molecule has 0 amide bonds. The Morgan fingerprint density at radius 3 is 2.42 bits per heavy atom. The molecule has 94 valence electrons. The van der Waals surface area contributed by atoms with Crippen LogP contribution in [-0.4, -0.2) is 4.98 Å². The minimum Gasteiger partial charge on any atom is -0.256 e. The fraction of sp³-hybridized carbons (Fsp3) is 0.294. The van der Waals surface area contributed by atoms with E-state index < -0.39 is 0 Å². The van der Waals surface area contributed by atoms with Gasteiger partial charge in [-0.05, 0) is 55.5 Å². The zero-order valence-electron chi connectivity index (χ0n) is 11.3. The summed E-state index contributed by atoms with van der Waals surface area (Å²) < 4.78 is 0. The average molecular weight is 248 g/mol. The van der Waals surface area contributed by atoms with Crippen molar-refractivity contribution in [3.8, 4) is 17.3 Å². The van der Waals surface area contributed by atoms with E-state index in [4.69, 9.17) is 0 Å². The summed E-state index contributed by atoms with van der Waals surface area (Å²) in [6.07, 6.45) is 3.79. The van der Waals surface area contributed by atoms with Gasteiger partial charge in [0, 0.05) is 11.8 Å². The number of aryl methyl sites for hydroxylation is 2. The zero-order valence-corrected chi connectivity index (χ0v) is 11.3. The molecule has 1 aromatic carbocycles. The Hall–Kier alpha value is -2.14. The number of rotatable bonds is 2. The lowest BCUT2D eigenvalue weighted by Crippen LogP contribution is -2.03. The van der Waals surface area contributed by atoms with E-state index in [1.54, 1.807) is 0 Å². The second-order valence-electron chi connectivity index (χ2n) is 5.43. The Labute approximate surface area is 113 Å². The standard InChI is InChI=1S/C17H16N2/c1-12-3-4-14(9-13(12)2)16-6-5-15(10-19-16)17(11-18)7-8-17/h3-6,9-10H,7-8H2,1-2H3. The van der Waals surface area contributed by atoms with Crippen LogP contribution in [0, 0.1) is 25.2 Å². The van der Waals surface area contributed by atoms with Crippen molar-refractivity contribution < 1.29 is 0 Å². The number of nitriles is 1. The fourth-order valence-corrected chi connectivity index (χ4v) is 2.34. The molecule has 2 aromatic rings. The Kier molecular flexibility index (Phi) is 2.64. The monoisotopic (exact) mass is 248 g/mol. The summed E-state index contributed by atoms with van der Waals surface area (Å²) in [5, 5.41) is 9.19. The van der Waals surface area contributed by atoms with Crippen LogP contribution in [0.25, 0.3) is 11.3 Å². The van der Waals surface area contributed by atoms with Gasteiger partial charge < -0.3 is 0 Å². The lowest BCUT2D eigenvalue weighted by Gasteiger charge is -2.08. The van der Waals surface area contributed by atoms with Crippen molar-refractivity contribution in [2.75, 3.05) is 0 Å². The highest BCUT2D eigenvalue weighted by molar-refractivity contribution is 5.61. The Morgan fingerprint density at radius 1 is 1.11 bits per heavy atom. The van der Waals surface area contributed by atoms with E-state index >= 15 is 0 Å². The van der Waals surface area contributed by atoms with Crippen LogP contribution in [0.2, 0.25) is 0 Å². The van der Waals surface area contributed by atoms with Gasteiger partial charge in [0.1, 0.15) is 0 Å². The van der Waals surface area contributed by atoms with Crippen molar-refractivity contribution in [3.63, 3.8) is 0 Å². The highest BCUT2D eigenvalue weighted by Gasteiger charge is 2.45. The second-order valence-corrected chi connectivity index (χ2v) is 5.43. The topological polar surface area (TPSA) is 36.7 Å². The van der Waals surface area contributed by atoms with Gasteiger partial charge in [0.05, 0.1) is 17.2 Å². The molecule has 2 nitrogen and oxygen atoms in total. The lowest BCUT2D eigenvalue weighted by atomic mass is 9.98. The zero-order chi connectivity index (χ0) is 13.5. The first-order valence-electron chi connectivity index (χ1n) is 6.60. The van der Waals surface area contributed by atoms with Gasteiger partial charge in [0.2, 0.25) is 0 Å². The van der Waals surface area contributed by atoms with Crippen LogP contribution in [0.4, 0.5) is 0 Å². The first-order chi connectivity index (χ1) is 9.14. The molecule has 3 rings (SSSR count). The van der Waals surface area contributed by atoms with Crippen LogP contribution in [0.15, 0.2) is 36.5 Å². The SMILES string of the molecule is Cc1ccc(-c2ccc(C3(C#N)CC3)cn2)cc1C. The maximum atomic E-state index is 9.19. The van der Waals surface area contributed by atoms with E-state index in [1.807, 2.05) is 18.3 Å². The van der Waals surface area contributed by atoms with Gasteiger partial charge in [-0.15, -0.1) is 0 Å². The van der Waals surface area contributed by atoms with Crippen molar-refractivity contribution in [1.29, 1.82) is 5.26 Å². The third kappa shape index (κ3) is 2.02. The molecule has 1 aromatic heterocycles. The fourth-order valence-electron chi connectivity index (χ4n) is 2.34. The molecular weight excluding hydrogens is 232 g/mol. The molecule has 1 saturated carbocycles. The van der Waals surface area contributed by atoms with Gasteiger partial charge in [-0.2, -0.15) is 5.26 Å². The predicted molar refractivity (Wildman–Crippen MR) is 75.7 cm³/mol. The van der Waals surface area contributed by atoms with Crippen LogP contribution in [-0.2, 0) is 5.41 Å². The van der Waals surface area contributed by atoms with Crippen molar-refractivity contribution in [1.82, 2.24) is 4.98 Å². The van der Waals surface area contributed by atoms with E-state index in [0.29, 0.717) is 0 Å². The Bertz CT molecular complexity index is 659. The number of benzene rings is 1. The maximum Gasteiger partial charge on any atom is 0.0838 e. The molecule has 0 radical (unpaired) electrons. The number of aromatic nitrogens is 1. The second kappa shape index (κ2) is 4.20. The molecule has 2 heteroatoms. The van der Waals surface area contributed by atoms with Crippen molar-refractivity contribution in [2.45, 2.75) is 32.1 Å². The number of pyridine rings is 1. The Balaban J connectivity index is 1.95. The quantitative estimate of drug-likeness (QED) is 0.807.